The lowest BCUT2D eigenvalue weighted by Gasteiger charge is -1.93. The fraction of sp³-hybridized carbons (Fsp3) is 0.222. The van der Waals surface area contributed by atoms with Gasteiger partial charge in [0.15, 0.2) is 0 Å². The van der Waals surface area contributed by atoms with E-state index in [0.29, 0.717) is 0 Å². The molecule has 0 unspecified atom stereocenters. The van der Waals surface area contributed by atoms with Crippen LogP contribution in [0.3, 0.4) is 0 Å². The largest absolute Gasteiger partial charge is 0.504 e. The van der Waals surface area contributed by atoms with Gasteiger partial charge in [-0.2, -0.15) is 0 Å². The molecule has 0 aromatic carbocycles. The van der Waals surface area contributed by atoms with Crippen LogP contribution in [0, 0.1) is 6.92 Å². The van der Waals surface area contributed by atoms with Gasteiger partial charge in [0.1, 0.15) is 0 Å². The summed E-state index contributed by atoms with van der Waals surface area (Å²) in [4.78, 5) is 4.11. The van der Waals surface area contributed by atoms with E-state index in [9.17, 15) is 0 Å². The molecular weight excluding hydrogens is 138 g/mol. The summed E-state index contributed by atoms with van der Waals surface area (Å²) >= 11 is 0. The first-order valence-electron chi connectivity index (χ1n) is 3.45. The van der Waals surface area contributed by atoms with E-state index in [2.05, 4.69) is 4.98 Å². The number of methoxy groups -OCH3 is 1. The number of pyridine rings is 1. The predicted octanol–water partition coefficient (Wildman–Crippen LogP) is 2.01. The molecule has 58 valence electrons. The monoisotopic (exact) mass is 149 g/mol. The Bertz CT molecular complexity index is 255. The van der Waals surface area contributed by atoms with E-state index in [4.69, 9.17) is 4.74 Å². The van der Waals surface area contributed by atoms with Crippen molar-refractivity contribution in [3.05, 3.63) is 35.8 Å². The minimum atomic E-state index is 0.923. The second-order valence-electron chi connectivity index (χ2n) is 2.30. The molecule has 1 aromatic heterocycles. The van der Waals surface area contributed by atoms with Crippen molar-refractivity contribution in [3.63, 3.8) is 0 Å². The minimum Gasteiger partial charge on any atom is -0.504 e. The molecule has 0 radical (unpaired) electrons. The average molecular weight is 149 g/mol. The highest BCUT2D eigenvalue weighted by Crippen LogP contribution is 2.01. The number of hydrogen-bond donors (Lipinski definition) is 0. The van der Waals surface area contributed by atoms with Crippen LogP contribution in [0.2, 0.25) is 0 Å². The molecule has 0 bridgehead atoms. The molecule has 0 amide bonds. The summed E-state index contributed by atoms with van der Waals surface area (Å²) < 4.78 is 4.77. The molecule has 0 N–H and O–H groups in total. The molecule has 0 atom stereocenters. The lowest BCUT2D eigenvalue weighted by molar-refractivity contribution is 0.341. The van der Waals surface area contributed by atoms with Crippen LogP contribution < -0.4 is 0 Å². The zero-order chi connectivity index (χ0) is 8.10. The standard InChI is InChI=1S/C9H11NO/c1-8-3-5-10-9(7-8)4-6-11-2/h3-7H,1-2H3. The topological polar surface area (TPSA) is 22.1 Å². The maximum Gasteiger partial charge on any atom is 0.0846 e. The number of ether oxygens (including phenoxy) is 1. The summed E-state index contributed by atoms with van der Waals surface area (Å²) in [6.07, 6.45) is 5.22. The van der Waals surface area contributed by atoms with E-state index in [-0.39, 0.29) is 0 Å². The zero-order valence-corrected chi connectivity index (χ0v) is 6.74. The van der Waals surface area contributed by atoms with Gasteiger partial charge in [0.25, 0.3) is 0 Å². The first kappa shape index (κ1) is 7.79. The molecule has 0 saturated heterocycles. The average Bonchev–Trinajstić information content (AvgIpc) is 2.01. The molecule has 2 heteroatoms. The lowest BCUT2D eigenvalue weighted by Crippen LogP contribution is -1.80. The van der Waals surface area contributed by atoms with Crippen LogP contribution in [0.5, 0.6) is 0 Å². The van der Waals surface area contributed by atoms with Gasteiger partial charge in [0.2, 0.25) is 0 Å². The summed E-state index contributed by atoms with van der Waals surface area (Å²) in [6.45, 7) is 2.03. The van der Waals surface area contributed by atoms with Crippen LogP contribution in [-0.4, -0.2) is 12.1 Å². The molecule has 0 spiro atoms. The first-order chi connectivity index (χ1) is 5.33. The Morgan fingerprint density at radius 2 is 2.36 bits per heavy atom. The van der Waals surface area contributed by atoms with Crippen LogP contribution >= 0.6 is 0 Å². The van der Waals surface area contributed by atoms with E-state index >= 15 is 0 Å². The van der Waals surface area contributed by atoms with Gasteiger partial charge in [0.05, 0.1) is 19.1 Å². The maximum absolute atomic E-state index is 4.77. The molecule has 2 nitrogen and oxygen atoms in total. The molecular formula is C9H11NO. The third kappa shape index (κ3) is 2.42. The van der Waals surface area contributed by atoms with Gasteiger partial charge in [0, 0.05) is 6.20 Å². The van der Waals surface area contributed by atoms with Crippen molar-refractivity contribution in [1.82, 2.24) is 4.98 Å². The second kappa shape index (κ2) is 3.76. The Kier molecular flexibility index (Phi) is 2.66. The molecule has 0 fully saturated rings. The van der Waals surface area contributed by atoms with Gasteiger partial charge >= 0.3 is 0 Å². The van der Waals surface area contributed by atoms with Gasteiger partial charge in [-0.05, 0) is 30.7 Å². The van der Waals surface area contributed by atoms with E-state index in [1.165, 1.54) is 5.56 Å². The zero-order valence-electron chi connectivity index (χ0n) is 6.74. The van der Waals surface area contributed by atoms with Gasteiger partial charge < -0.3 is 4.74 Å². The van der Waals surface area contributed by atoms with Crippen LogP contribution in [0.25, 0.3) is 6.08 Å². The number of aryl methyl sites for hydroxylation is 1. The quantitative estimate of drug-likeness (QED) is 0.600. The smallest absolute Gasteiger partial charge is 0.0846 e. The Hall–Kier alpha value is -1.31. The highest BCUT2D eigenvalue weighted by atomic mass is 16.5. The van der Waals surface area contributed by atoms with Crippen LogP contribution in [-0.2, 0) is 4.74 Å². The number of aromatic nitrogens is 1. The number of rotatable bonds is 2. The van der Waals surface area contributed by atoms with Crippen molar-refractivity contribution in [1.29, 1.82) is 0 Å². The molecule has 1 aromatic rings. The highest BCUT2D eigenvalue weighted by Gasteiger charge is 1.86. The summed E-state index contributed by atoms with van der Waals surface area (Å²) in [5, 5.41) is 0. The summed E-state index contributed by atoms with van der Waals surface area (Å²) in [5.41, 5.74) is 2.13. The van der Waals surface area contributed by atoms with Gasteiger partial charge in [-0.25, -0.2) is 0 Å². The van der Waals surface area contributed by atoms with Gasteiger partial charge in [-0.3, -0.25) is 4.98 Å². The minimum absolute atomic E-state index is 0.923. The van der Waals surface area contributed by atoms with Crippen molar-refractivity contribution in [3.8, 4) is 0 Å². The van der Waals surface area contributed by atoms with Gasteiger partial charge in [-0.15, -0.1) is 0 Å². The third-order valence-electron chi connectivity index (χ3n) is 1.31. The van der Waals surface area contributed by atoms with E-state index in [0.717, 1.165) is 5.69 Å². The molecule has 11 heavy (non-hydrogen) atoms. The summed E-state index contributed by atoms with van der Waals surface area (Å²) in [7, 11) is 1.62. The fourth-order valence-corrected chi connectivity index (χ4v) is 0.788. The summed E-state index contributed by atoms with van der Waals surface area (Å²) in [5.74, 6) is 0. The Morgan fingerprint density at radius 3 is 3.00 bits per heavy atom. The van der Waals surface area contributed by atoms with Crippen LogP contribution in [0.4, 0.5) is 0 Å². The first-order valence-corrected chi connectivity index (χ1v) is 3.45. The Morgan fingerprint density at radius 1 is 1.55 bits per heavy atom. The lowest BCUT2D eigenvalue weighted by atomic mass is 10.2. The molecule has 1 heterocycles. The van der Waals surface area contributed by atoms with Crippen molar-refractivity contribution in [2.75, 3.05) is 7.11 Å². The third-order valence-corrected chi connectivity index (χ3v) is 1.31. The molecule has 1 rings (SSSR count). The number of hydrogen-bond acceptors (Lipinski definition) is 2. The normalized spacial score (nSPS) is 10.4. The van der Waals surface area contributed by atoms with Crippen LogP contribution in [0.1, 0.15) is 11.3 Å². The summed E-state index contributed by atoms with van der Waals surface area (Å²) in [6, 6.07) is 3.96. The van der Waals surface area contributed by atoms with E-state index in [1.54, 1.807) is 19.6 Å². The molecule has 0 aliphatic carbocycles. The van der Waals surface area contributed by atoms with Gasteiger partial charge in [-0.1, -0.05) is 0 Å². The fourth-order valence-electron chi connectivity index (χ4n) is 0.788. The van der Waals surface area contributed by atoms with E-state index in [1.807, 2.05) is 25.1 Å². The van der Waals surface area contributed by atoms with Crippen molar-refractivity contribution in [2.24, 2.45) is 0 Å². The maximum atomic E-state index is 4.77. The number of nitrogens with zero attached hydrogens (tertiary/aromatic N) is 1. The molecule has 0 aliphatic heterocycles. The van der Waals surface area contributed by atoms with E-state index < -0.39 is 0 Å². The highest BCUT2D eigenvalue weighted by molar-refractivity contribution is 5.43. The SMILES string of the molecule is COC=Cc1cc(C)ccn1. The van der Waals surface area contributed by atoms with Crippen molar-refractivity contribution in [2.45, 2.75) is 6.92 Å². The Labute approximate surface area is 66.5 Å². The Balaban J connectivity index is 2.79. The van der Waals surface area contributed by atoms with Crippen molar-refractivity contribution < 1.29 is 4.74 Å². The molecule has 0 aliphatic rings. The van der Waals surface area contributed by atoms with Crippen LogP contribution in [0.15, 0.2) is 24.6 Å². The van der Waals surface area contributed by atoms with Crippen molar-refractivity contribution >= 4 is 6.08 Å². The second-order valence-corrected chi connectivity index (χ2v) is 2.30. The predicted molar refractivity (Wildman–Crippen MR) is 45.0 cm³/mol. The molecule has 0 saturated carbocycles.